The molecule has 0 saturated carbocycles. The number of nitrogens with one attached hydrogen (secondary N) is 1. The number of hydrogen-bond donors (Lipinski definition) is 2. The molecule has 2 N–H and O–H groups in total. The summed E-state index contributed by atoms with van der Waals surface area (Å²) in [5, 5.41) is 15.5. The van der Waals surface area contributed by atoms with E-state index < -0.39 is 5.97 Å². The Balaban J connectivity index is 2.05. The van der Waals surface area contributed by atoms with E-state index in [-0.39, 0.29) is 12.3 Å². The van der Waals surface area contributed by atoms with E-state index >= 15 is 0 Å². The van der Waals surface area contributed by atoms with Crippen molar-refractivity contribution in [2.45, 2.75) is 6.61 Å². The van der Waals surface area contributed by atoms with Crippen molar-refractivity contribution in [2.75, 3.05) is 0 Å². The Labute approximate surface area is 102 Å². The van der Waals surface area contributed by atoms with Crippen molar-refractivity contribution in [1.29, 1.82) is 0 Å². The van der Waals surface area contributed by atoms with Crippen molar-refractivity contribution in [3.05, 3.63) is 46.7 Å². The number of halogens is 1. The molecular weight excluding hydrogens is 244 g/mol. The lowest BCUT2D eigenvalue weighted by atomic mass is 10.2. The van der Waals surface area contributed by atoms with E-state index in [0.29, 0.717) is 16.3 Å². The zero-order chi connectivity index (χ0) is 12.3. The molecule has 0 aliphatic heterocycles. The molecule has 0 saturated heterocycles. The van der Waals surface area contributed by atoms with Gasteiger partial charge in [0.2, 0.25) is 0 Å². The van der Waals surface area contributed by atoms with Crippen molar-refractivity contribution < 1.29 is 14.6 Å². The van der Waals surface area contributed by atoms with Gasteiger partial charge in [-0.3, -0.25) is 5.10 Å². The van der Waals surface area contributed by atoms with Gasteiger partial charge < -0.3 is 9.84 Å². The lowest BCUT2D eigenvalue weighted by Crippen LogP contribution is -2.04. The molecule has 0 atom stereocenters. The van der Waals surface area contributed by atoms with Gasteiger partial charge in [0.25, 0.3) is 0 Å². The van der Waals surface area contributed by atoms with Crippen LogP contribution in [0.15, 0.2) is 30.5 Å². The standard InChI is InChI=1S/C11H9ClN2O3/c12-8-1-3-9(4-2-8)17-6-7-5-13-14-10(7)11(15)16/h1-5H,6H2,(H,13,14)(H,15,16). The summed E-state index contributed by atoms with van der Waals surface area (Å²) >= 11 is 5.73. The normalized spacial score (nSPS) is 10.2. The number of benzene rings is 1. The summed E-state index contributed by atoms with van der Waals surface area (Å²) in [5.41, 5.74) is 0.534. The summed E-state index contributed by atoms with van der Waals surface area (Å²) in [4.78, 5) is 10.8. The number of rotatable bonds is 4. The fourth-order valence-corrected chi connectivity index (χ4v) is 1.42. The maximum atomic E-state index is 10.8. The fourth-order valence-electron chi connectivity index (χ4n) is 1.30. The third-order valence-corrected chi connectivity index (χ3v) is 2.39. The van der Waals surface area contributed by atoms with Gasteiger partial charge in [-0.2, -0.15) is 5.10 Å². The lowest BCUT2D eigenvalue weighted by molar-refractivity contribution is 0.0687. The van der Waals surface area contributed by atoms with Gasteiger partial charge in [0.15, 0.2) is 0 Å². The number of carboxylic acids is 1. The summed E-state index contributed by atoms with van der Waals surface area (Å²) in [6, 6.07) is 6.82. The second-order valence-corrected chi connectivity index (χ2v) is 3.75. The quantitative estimate of drug-likeness (QED) is 0.876. The molecule has 5 nitrogen and oxygen atoms in total. The van der Waals surface area contributed by atoms with Crippen molar-refractivity contribution in [3.63, 3.8) is 0 Å². The van der Waals surface area contributed by atoms with Gasteiger partial charge in [-0.15, -0.1) is 0 Å². The smallest absolute Gasteiger partial charge is 0.354 e. The summed E-state index contributed by atoms with van der Waals surface area (Å²) in [7, 11) is 0. The molecule has 0 fully saturated rings. The molecule has 0 radical (unpaired) electrons. The molecule has 0 amide bonds. The highest BCUT2D eigenvalue weighted by Crippen LogP contribution is 2.17. The summed E-state index contributed by atoms with van der Waals surface area (Å²) in [6.07, 6.45) is 1.43. The second kappa shape index (κ2) is 4.88. The topological polar surface area (TPSA) is 75.2 Å². The molecule has 17 heavy (non-hydrogen) atoms. The highest BCUT2D eigenvalue weighted by Gasteiger charge is 2.12. The van der Waals surface area contributed by atoms with Gasteiger partial charge in [0, 0.05) is 10.6 Å². The van der Waals surface area contributed by atoms with E-state index in [4.69, 9.17) is 21.4 Å². The number of aromatic nitrogens is 2. The van der Waals surface area contributed by atoms with Gasteiger partial charge >= 0.3 is 5.97 Å². The first kappa shape index (κ1) is 11.5. The number of carbonyl (C=O) groups is 1. The minimum Gasteiger partial charge on any atom is -0.489 e. The minimum atomic E-state index is -1.06. The zero-order valence-corrected chi connectivity index (χ0v) is 9.44. The first-order valence-electron chi connectivity index (χ1n) is 4.80. The average molecular weight is 253 g/mol. The van der Waals surface area contributed by atoms with Crippen LogP contribution in [0, 0.1) is 0 Å². The Morgan fingerprint density at radius 1 is 1.41 bits per heavy atom. The molecule has 6 heteroatoms. The number of aromatic amines is 1. The predicted molar refractivity (Wildman–Crippen MR) is 61.3 cm³/mol. The first-order chi connectivity index (χ1) is 8.16. The van der Waals surface area contributed by atoms with Crippen LogP contribution >= 0.6 is 11.6 Å². The van der Waals surface area contributed by atoms with E-state index in [2.05, 4.69) is 10.2 Å². The number of nitrogens with zero attached hydrogens (tertiary/aromatic N) is 1. The molecule has 1 heterocycles. The van der Waals surface area contributed by atoms with Crippen LogP contribution in [0.25, 0.3) is 0 Å². The second-order valence-electron chi connectivity index (χ2n) is 3.32. The molecule has 0 aliphatic carbocycles. The highest BCUT2D eigenvalue weighted by atomic mass is 35.5. The number of ether oxygens (including phenoxy) is 1. The molecule has 2 aromatic rings. The number of aromatic carboxylic acids is 1. The maximum Gasteiger partial charge on any atom is 0.354 e. The molecule has 88 valence electrons. The first-order valence-corrected chi connectivity index (χ1v) is 5.18. The Morgan fingerprint density at radius 2 is 2.12 bits per heavy atom. The van der Waals surface area contributed by atoms with Crippen molar-refractivity contribution in [2.24, 2.45) is 0 Å². The Hall–Kier alpha value is -2.01. The molecule has 0 unspecified atom stereocenters. The fraction of sp³-hybridized carbons (Fsp3) is 0.0909. The number of hydrogen-bond acceptors (Lipinski definition) is 3. The largest absolute Gasteiger partial charge is 0.489 e. The molecule has 0 bridgehead atoms. The highest BCUT2D eigenvalue weighted by molar-refractivity contribution is 6.30. The van der Waals surface area contributed by atoms with Crippen LogP contribution in [0.1, 0.15) is 16.1 Å². The molecule has 0 aliphatic rings. The third kappa shape index (κ3) is 2.76. The average Bonchev–Trinajstić information content (AvgIpc) is 2.76. The zero-order valence-electron chi connectivity index (χ0n) is 8.68. The minimum absolute atomic E-state index is 0.0407. The van der Waals surface area contributed by atoms with Crippen LogP contribution in [0.5, 0.6) is 5.75 Å². The van der Waals surface area contributed by atoms with Gasteiger partial charge in [0.1, 0.15) is 18.1 Å². The number of carboxylic acid groups (broad SMARTS) is 1. The van der Waals surface area contributed by atoms with Crippen LogP contribution in [-0.4, -0.2) is 21.3 Å². The van der Waals surface area contributed by atoms with Crippen LogP contribution in [0.3, 0.4) is 0 Å². The lowest BCUT2D eigenvalue weighted by Gasteiger charge is -2.05. The molecule has 1 aromatic heterocycles. The number of H-pyrrole nitrogens is 1. The summed E-state index contributed by atoms with van der Waals surface area (Å²) < 4.78 is 5.41. The van der Waals surface area contributed by atoms with E-state index in [1.54, 1.807) is 24.3 Å². The SMILES string of the molecule is O=C(O)c1[nH]ncc1COc1ccc(Cl)cc1. The Bertz CT molecular complexity index is 522. The molecular formula is C11H9ClN2O3. The Morgan fingerprint density at radius 3 is 2.76 bits per heavy atom. The van der Waals surface area contributed by atoms with Crippen LogP contribution in [0.2, 0.25) is 5.02 Å². The summed E-state index contributed by atoms with van der Waals surface area (Å²) in [6.45, 7) is 0.139. The monoisotopic (exact) mass is 252 g/mol. The van der Waals surface area contributed by atoms with E-state index in [9.17, 15) is 4.79 Å². The van der Waals surface area contributed by atoms with Gasteiger partial charge in [0.05, 0.1) is 6.20 Å². The van der Waals surface area contributed by atoms with Gasteiger partial charge in [-0.05, 0) is 24.3 Å². The van der Waals surface area contributed by atoms with Crippen LogP contribution < -0.4 is 4.74 Å². The van der Waals surface area contributed by atoms with Crippen molar-refractivity contribution in [1.82, 2.24) is 10.2 Å². The van der Waals surface area contributed by atoms with Crippen molar-refractivity contribution >= 4 is 17.6 Å². The summed E-state index contributed by atoms with van der Waals surface area (Å²) in [5.74, 6) is -0.441. The van der Waals surface area contributed by atoms with E-state index in [1.165, 1.54) is 6.20 Å². The predicted octanol–water partition coefficient (Wildman–Crippen LogP) is 2.34. The van der Waals surface area contributed by atoms with Gasteiger partial charge in [-0.25, -0.2) is 4.79 Å². The Kier molecular flexibility index (Phi) is 3.30. The van der Waals surface area contributed by atoms with E-state index in [0.717, 1.165) is 0 Å². The van der Waals surface area contributed by atoms with Crippen LogP contribution in [0.4, 0.5) is 0 Å². The molecule has 2 rings (SSSR count). The molecule has 0 spiro atoms. The van der Waals surface area contributed by atoms with Crippen molar-refractivity contribution in [3.8, 4) is 5.75 Å². The molecule has 1 aromatic carbocycles. The van der Waals surface area contributed by atoms with Crippen LogP contribution in [-0.2, 0) is 6.61 Å². The maximum absolute atomic E-state index is 10.8. The van der Waals surface area contributed by atoms with Gasteiger partial charge in [-0.1, -0.05) is 11.6 Å². The third-order valence-electron chi connectivity index (χ3n) is 2.14. The van der Waals surface area contributed by atoms with E-state index in [1.807, 2.05) is 0 Å².